The topological polar surface area (TPSA) is 76.8 Å². The third-order valence-corrected chi connectivity index (χ3v) is 7.00. The molecule has 4 rings (SSSR count). The lowest BCUT2D eigenvalue weighted by molar-refractivity contribution is -0.137. The number of aliphatic hydroxyl groups excluding tert-OH is 1. The molecule has 11 heteroatoms. The monoisotopic (exact) mass is 493 g/mol. The van der Waals surface area contributed by atoms with Crippen LogP contribution in [0, 0.1) is 11.3 Å². The quantitative estimate of drug-likeness (QED) is 0.638. The van der Waals surface area contributed by atoms with Crippen molar-refractivity contribution in [2.75, 3.05) is 22.2 Å². The molecule has 0 radical (unpaired) electrons. The highest BCUT2D eigenvalue weighted by Gasteiger charge is 2.51. The van der Waals surface area contributed by atoms with Crippen molar-refractivity contribution in [3.63, 3.8) is 0 Å². The lowest BCUT2D eigenvalue weighted by atomic mass is 10.0. The zero-order chi connectivity index (χ0) is 24.1. The Labute approximate surface area is 197 Å². The van der Waals surface area contributed by atoms with E-state index in [1.165, 1.54) is 23.9 Å². The first-order valence-electron chi connectivity index (χ1n) is 9.83. The lowest BCUT2D eigenvalue weighted by Crippen LogP contribution is -2.44. The van der Waals surface area contributed by atoms with Crippen LogP contribution in [0.25, 0.3) is 0 Å². The second-order valence-electron chi connectivity index (χ2n) is 8.02. The van der Waals surface area contributed by atoms with Crippen LogP contribution in [0.15, 0.2) is 41.3 Å². The van der Waals surface area contributed by atoms with Crippen LogP contribution >= 0.6 is 24.0 Å². The Hall–Kier alpha value is -2.81. The minimum absolute atomic E-state index is 0.0257. The summed E-state index contributed by atoms with van der Waals surface area (Å²) in [6, 6.07) is 9.85. The van der Waals surface area contributed by atoms with Crippen molar-refractivity contribution in [2.45, 2.75) is 36.6 Å². The van der Waals surface area contributed by atoms with Gasteiger partial charge in [0, 0.05) is 11.4 Å². The summed E-state index contributed by atoms with van der Waals surface area (Å²) in [5.74, 6) is 0.659. The van der Waals surface area contributed by atoms with Crippen molar-refractivity contribution in [3.05, 3.63) is 47.5 Å². The number of rotatable bonds is 3. The number of amides is 1. The number of benzene rings is 2. The summed E-state index contributed by atoms with van der Waals surface area (Å²) in [6.07, 6.45) is -5.07. The number of nitrogens with zero attached hydrogens (tertiary/aromatic N) is 3. The fourth-order valence-electron chi connectivity index (χ4n) is 3.79. The number of hydrogen-bond acceptors (Lipinski definition) is 6. The fourth-order valence-corrected chi connectivity index (χ4v) is 5.32. The molecule has 172 valence electrons. The van der Waals surface area contributed by atoms with Crippen LogP contribution in [0.5, 0.6) is 5.75 Å². The molecule has 1 N–H and O–H groups in total. The molecule has 0 spiro atoms. The fraction of sp³-hybridized carbons (Fsp3) is 0.318. The number of carbonyl (C=O) groups excluding carboxylic acids is 1. The molecule has 1 atom stereocenters. The van der Waals surface area contributed by atoms with Gasteiger partial charge in [0.15, 0.2) is 5.11 Å². The average molecular weight is 494 g/mol. The van der Waals surface area contributed by atoms with Crippen LogP contribution in [0.3, 0.4) is 0 Å². The molecule has 33 heavy (non-hydrogen) atoms. The van der Waals surface area contributed by atoms with E-state index >= 15 is 0 Å². The second-order valence-corrected chi connectivity index (χ2v) is 9.45. The maximum Gasteiger partial charge on any atom is 0.417 e. The Bertz CT molecular complexity index is 1190. The number of ether oxygens (including phenoxy) is 1. The highest BCUT2D eigenvalue weighted by molar-refractivity contribution is 7.99. The van der Waals surface area contributed by atoms with Gasteiger partial charge in [-0.25, -0.2) is 0 Å². The number of fused-ring (bicyclic) bond motifs is 1. The van der Waals surface area contributed by atoms with Crippen LogP contribution in [0.2, 0.25) is 0 Å². The van der Waals surface area contributed by atoms with Gasteiger partial charge >= 0.3 is 6.18 Å². The molecular weight excluding hydrogens is 475 g/mol. The van der Waals surface area contributed by atoms with Gasteiger partial charge < -0.3 is 14.7 Å². The van der Waals surface area contributed by atoms with Crippen LogP contribution in [0.1, 0.15) is 25.0 Å². The predicted octanol–water partition coefficient (Wildman–Crippen LogP) is 4.34. The molecule has 0 saturated carbocycles. The zero-order valence-electron chi connectivity index (χ0n) is 17.5. The summed E-state index contributed by atoms with van der Waals surface area (Å²) in [6.45, 7) is 3.17. The van der Waals surface area contributed by atoms with E-state index < -0.39 is 28.7 Å². The van der Waals surface area contributed by atoms with E-state index in [-0.39, 0.29) is 23.5 Å². The number of hydrogen-bond donors (Lipinski definition) is 1. The molecule has 1 amide bonds. The minimum atomic E-state index is -4.76. The van der Waals surface area contributed by atoms with Gasteiger partial charge in [-0.1, -0.05) is 0 Å². The van der Waals surface area contributed by atoms with Gasteiger partial charge in [-0.2, -0.15) is 18.4 Å². The van der Waals surface area contributed by atoms with Crippen LogP contribution < -0.4 is 14.5 Å². The van der Waals surface area contributed by atoms with Gasteiger partial charge in [0.25, 0.3) is 5.91 Å². The Morgan fingerprint density at radius 3 is 2.61 bits per heavy atom. The van der Waals surface area contributed by atoms with Crippen LogP contribution in [0.4, 0.5) is 24.5 Å². The molecule has 0 bridgehead atoms. The molecule has 2 aliphatic heterocycles. The van der Waals surface area contributed by atoms with E-state index in [0.29, 0.717) is 17.2 Å². The first-order chi connectivity index (χ1) is 15.5. The van der Waals surface area contributed by atoms with Crippen molar-refractivity contribution in [1.29, 1.82) is 5.26 Å². The third-order valence-electron chi connectivity index (χ3n) is 5.46. The van der Waals surface area contributed by atoms with Crippen LogP contribution in [-0.2, 0) is 11.0 Å². The van der Waals surface area contributed by atoms with Gasteiger partial charge in [-0.15, -0.1) is 11.8 Å². The van der Waals surface area contributed by atoms with Gasteiger partial charge in [0.1, 0.15) is 17.4 Å². The number of alkyl halides is 3. The highest BCUT2D eigenvalue weighted by atomic mass is 32.2. The second kappa shape index (κ2) is 8.20. The molecule has 0 aliphatic carbocycles. The molecule has 2 aliphatic rings. The Balaban J connectivity index is 1.74. The minimum Gasteiger partial charge on any atom is -0.486 e. The number of aliphatic hydroxyl groups is 1. The van der Waals surface area contributed by atoms with Gasteiger partial charge in [-0.3, -0.25) is 9.69 Å². The number of nitriles is 1. The molecular formula is C22H18F3N3O3S2. The summed E-state index contributed by atoms with van der Waals surface area (Å²) in [7, 11) is 0. The smallest absolute Gasteiger partial charge is 0.417 e. The van der Waals surface area contributed by atoms with E-state index in [1.54, 1.807) is 36.9 Å². The maximum absolute atomic E-state index is 13.5. The molecule has 1 fully saturated rings. The van der Waals surface area contributed by atoms with Gasteiger partial charge in [0.2, 0.25) is 0 Å². The summed E-state index contributed by atoms with van der Waals surface area (Å²) in [5.41, 5.74) is -2.31. The number of thioether (sulfide) groups is 1. The zero-order valence-corrected chi connectivity index (χ0v) is 19.1. The summed E-state index contributed by atoms with van der Waals surface area (Å²) >= 11 is 7.05. The SMILES string of the molecule is CC1(C)C(=O)N(c2ccc(C#N)c(C(F)(F)F)c2)C(=S)N1c1ccc2c(c1)SC[C@@H](CO)O2. The standard InChI is InChI=1S/C22H18F3N3O3S2/c1-21(2)19(30)27(13-4-3-12(9-26)16(7-13)22(23,24)25)20(32)28(21)14-5-6-17-18(8-14)33-11-15(10-29)31-17/h3-8,15,29H,10-11H2,1-2H3/t15-/m1/s1. The number of anilines is 2. The van der Waals surface area contributed by atoms with Crippen molar-refractivity contribution < 1.29 is 27.8 Å². The van der Waals surface area contributed by atoms with Crippen molar-refractivity contribution in [3.8, 4) is 11.8 Å². The molecule has 0 unspecified atom stereocenters. The van der Waals surface area contributed by atoms with E-state index in [4.69, 9.17) is 22.2 Å². The summed E-state index contributed by atoms with van der Waals surface area (Å²) < 4.78 is 46.2. The number of halogens is 3. The first-order valence-corrected chi connectivity index (χ1v) is 11.2. The van der Waals surface area contributed by atoms with Crippen LogP contribution in [-0.4, -0.2) is 40.1 Å². The van der Waals surface area contributed by atoms with E-state index in [2.05, 4.69) is 0 Å². The van der Waals surface area contributed by atoms with E-state index in [1.807, 2.05) is 0 Å². The van der Waals surface area contributed by atoms with Crippen molar-refractivity contribution >= 4 is 46.4 Å². The molecule has 6 nitrogen and oxygen atoms in total. The maximum atomic E-state index is 13.5. The number of thiocarbonyl (C=S) groups is 1. The van der Waals surface area contributed by atoms with E-state index in [9.17, 15) is 23.1 Å². The third kappa shape index (κ3) is 3.92. The van der Waals surface area contributed by atoms with Crippen molar-refractivity contribution in [1.82, 2.24) is 0 Å². The Morgan fingerprint density at radius 2 is 1.97 bits per heavy atom. The Kier molecular flexibility index (Phi) is 5.80. The molecule has 0 aromatic heterocycles. The summed E-state index contributed by atoms with van der Waals surface area (Å²) in [4.78, 5) is 16.8. The molecule has 2 aromatic rings. The van der Waals surface area contributed by atoms with E-state index in [0.717, 1.165) is 21.9 Å². The predicted molar refractivity (Wildman–Crippen MR) is 121 cm³/mol. The average Bonchev–Trinajstić information content (AvgIpc) is 2.95. The highest BCUT2D eigenvalue weighted by Crippen LogP contribution is 2.43. The normalized spacial score (nSPS) is 19.8. The molecule has 1 saturated heterocycles. The Morgan fingerprint density at radius 1 is 1.27 bits per heavy atom. The molecule has 2 aromatic carbocycles. The number of carbonyl (C=O) groups is 1. The molecule has 2 heterocycles. The van der Waals surface area contributed by atoms with Gasteiger partial charge in [-0.05, 0) is 62.5 Å². The largest absolute Gasteiger partial charge is 0.486 e. The van der Waals surface area contributed by atoms with Gasteiger partial charge in [0.05, 0.1) is 34.4 Å². The summed E-state index contributed by atoms with van der Waals surface area (Å²) in [5, 5.41) is 18.4. The van der Waals surface area contributed by atoms with Crippen molar-refractivity contribution in [2.24, 2.45) is 0 Å². The lowest BCUT2D eigenvalue weighted by Gasteiger charge is -2.31. The first kappa shape index (κ1) is 23.4.